The summed E-state index contributed by atoms with van der Waals surface area (Å²) in [5.41, 5.74) is 1.69. The summed E-state index contributed by atoms with van der Waals surface area (Å²) in [6.45, 7) is 1.42. The number of esters is 2. The van der Waals surface area contributed by atoms with E-state index in [1.807, 2.05) is 0 Å². The summed E-state index contributed by atoms with van der Waals surface area (Å²) in [5.74, 6) is -1.26. The molecule has 2 aromatic rings. The highest BCUT2D eigenvalue weighted by molar-refractivity contribution is 6.38. The topological polar surface area (TPSA) is 98.8 Å². The molecule has 1 fully saturated rings. The molecule has 186 valence electrons. The van der Waals surface area contributed by atoms with E-state index >= 15 is 0 Å². The summed E-state index contributed by atoms with van der Waals surface area (Å²) in [5, 5.41) is 0.321. The highest BCUT2D eigenvalue weighted by Crippen LogP contribution is 2.60. The Morgan fingerprint density at radius 3 is 2.03 bits per heavy atom. The van der Waals surface area contributed by atoms with Crippen molar-refractivity contribution in [3.63, 3.8) is 0 Å². The summed E-state index contributed by atoms with van der Waals surface area (Å²) < 4.78 is 38.9. The highest BCUT2D eigenvalue weighted by Gasteiger charge is 2.55. The molecule has 3 aliphatic rings. The van der Waals surface area contributed by atoms with E-state index in [4.69, 9.17) is 56.4 Å². The lowest BCUT2D eigenvalue weighted by molar-refractivity contribution is -0.152. The standard InChI is InChI=1S/C24H22Cl2O9/c1-9(27)35-20-11-6-14-13(33-8-34-14)5-10(11)15(16-12(20)7-32-24(16)28)17-18(25)21(29-2)23(31-4)22(30-3)19(17)26/h5-6,12,15-16,20H,7-8H2,1-4H3/t12-,15+,16-,20+/m0/s1. The van der Waals surface area contributed by atoms with E-state index in [-0.39, 0.29) is 40.7 Å². The predicted molar refractivity (Wildman–Crippen MR) is 123 cm³/mol. The van der Waals surface area contributed by atoms with Crippen LogP contribution in [0, 0.1) is 11.8 Å². The van der Waals surface area contributed by atoms with Gasteiger partial charge in [0.25, 0.3) is 0 Å². The molecule has 0 aromatic heterocycles. The second kappa shape index (κ2) is 8.87. The normalized spacial score (nSPS) is 23.8. The van der Waals surface area contributed by atoms with Gasteiger partial charge in [-0.05, 0) is 17.7 Å². The van der Waals surface area contributed by atoms with Crippen LogP contribution < -0.4 is 23.7 Å². The van der Waals surface area contributed by atoms with Crippen LogP contribution >= 0.6 is 23.2 Å². The van der Waals surface area contributed by atoms with E-state index in [1.54, 1.807) is 12.1 Å². The minimum absolute atomic E-state index is 0.0434. The summed E-state index contributed by atoms with van der Waals surface area (Å²) in [6.07, 6.45) is -0.746. The molecule has 5 rings (SSSR count). The molecule has 0 amide bonds. The second-order valence-corrected chi connectivity index (χ2v) is 9.06. The number of hydrogen-bond donors (Lipinski definition) is 0. The van der Waals surface area contributed by atoms with Crippen molar-refractivity contribution in [2.24, 2.45) is 11.8 Å². The van der Waals surface area contributed by atoms with Gasteiger partial charge in [0.05, 0.1) is 43.9 Å². The van der Waals surface area contributed by atoms with Gasteiger partial charge in [0.15, 0.2) is 23.0 Å². The minimum Gasteiger partial charge on any atom is -0.491 e. The minimum atomic E-state index is -0.759. The van der Waals surface area contributed by atoms with E-state index < -0.39 is 35.8 Å². The fourth-order valence-electron chi connectivity index (χ4n) is 5.26. The van der Waals surface area contributed by atoms with Crippen molar-refractivity contribution in [1.82, 2.24) is 0 Å². The first-order valence-electron chi connectivity index (χ1n) is 10.8. The van der Waals surface area contributed by atoms with Gasteiger partial charge in [-0.3, -0.25) is 9.59 Å². The number of cyclic esters (lactones) is 1. The Morgan fingerprint density at radius 2 is 1.49 bits per heavy atom. The molecule has 4 atom stereocenters. The second-order valence-electron chi connectivity index (χ2n) is 8.30. The lowest BCUT2D eigenvalue weighted by Crippen LogP contribution is -2.36. The van der Waals surface area contributed by atoms with Gasteiger partial charge >= 0.3 is 11.9 Å². The van der Waals surface area contributed by atoms with Crippen LogP contribution in [-0.4, -0.2) is 46.7 Å². The molecular formula is C24H22Cl2O9. The molecule has 1 aliphatic carbocycles. The number of rotatable bonds is 5. The third-order valence-electron chi connectivity index (χ3n) is 6.62. The number of methoxy groups -OCH3 is 3. The van der Waals surface area contributed by atoms with Crippen LogP contribution in [0.25, 0.3) is 0 Å². The molecule has 0 unspecified atom stereocenters. The Kier molecular flexibility index (Phi) is 6.01. The Labute approximate surface area is 211 Å². The first-order chi connectivity index (χ1) is 16.8. The average molecular weight is 525 g/mol. The predicted octanol–water partition coefficient (Wildman–Crippen LogP) is 4.29. The lowest BCUT2D eigenvalue weighted by Gasteiger charge is -2.39. The van der Waals surface area contributed by atoms with Crippen molar-refractivity contribution in [2.75, 3.05) is 34.7 Å². The summed E-state index contributed by atoms with van der Waals surface area (Å²) in [4.78, 5) is 25.2. The smallest absolute Gasteiger partial charge is 0.310 e. The van der Waals surface area contributed by atoms with Crippen molar-refractivity contribution in [3.8, 4) is 28.7 Å². The van der Waals surface area contributed by atoms with Crippen LogP contribution in [0.5, 0.6) is 28.7 Å². The van der Waals surface area contributed by atoms with Gasteiger partial charge in [-0.2, -0.15) is 0 Å². The van der Waals surface area contributed by atoms with Crippen molar-refractivity contribution >= 4 is 35.1 Å². The van der Waals surface area contributed by atoms with E-state index in [0.29, 0.717) is 28.2 Å². The number of hydrogen-bond acceptors (Lipinski definition) is 9. The molecule has 2 aromatic carbocycles. The lowest BCUT2D eigenvalue weighted by atomic mass is 9.66. The van der Waals surface area contributed by atoms with Crippen LogP contribution in [0.15, 0.2) is 12.1 Å². The molecule has 1 saturated heterocycles. The molecule has 9 nitrogen and oxygen atoms in total. The summed E-state index contributed by atoms with van der Waals surface area (Å²) in [7, 11) is 4.32. The largest absolute Gasteiger partial charge is 0.491 e. The van der Waals surface area contributed by atoms with Crippen LogP contribution in [0.1, 0.15) is 35.6 Å². The van der Waals surface area contributed by atoms with Crippen LogP contribution in [0.4, 0.5) is 0 Å². The van der Waals surface area contributed by atoms with Gasteiger partial charge in [0, 0.05) is 29.9 Å². The molecule has 2 aliphatic heterocycles. The molecule has 11 heteroatoms. The maximum atomic E-state index is 13.1. The number of carbonyl (C=O) groups is 2. The molecular weight excluding hydrogens is 503 g/mol. The first kappa shape index (κ1) is 23.7. The fraction of sp³-hybridized carbons (Fsp3) is 0.417. The monoisotopic (exact) mass is 524 g/mol. The summed E-state index contributed by atoms with van der Waals surface area (Å²) in [6, 6.07) is 3.52. The quantitative estimate of drug-likeness (QED) is 0.530. The maximum absolute atomic E-state index is 13.1. The number of halogens is 2. The Morgan fingerprint density at radius 1 is 0.914 bits per heavy atom. The van der Waals surface area contributed by atoms with Crippen molar-refractivity contribution in [1.29, 1.82) is 0 Å². The third kappa shape index (κ3) is 3.51. The van der Waals surface area contributed by atoms with E-state index in [0.717, 1.165) is 0 Å². The molecule has 0 radical (unpaired) electrons. The van der Waals surface area contributed by atoms with Crippen LogP contribution in [0.3, 0.4) is 0 Å². The zero-order valence-electron chi connectivity index (χ0n) is 19.3. The zero-order chi connectivity index (χ0) is 25.0. The zero-order valence-corrected chi connectivity index (χ0v) is 20.8. The molecule has 0 N–H and O–H groups in total. The van der Waals surface area contributed by atoms with E-state index in [9.17, 15) is 9.59 Å². The Bertz CT molecular complexity index is 1200. The van der Waals surface area contributed by atoms with Gasteiger partial charge in [-0.15, -0.1) is 0 Å². The number of fused-ring (bicyclic) bond motifs is 3. The number of ether oxygens (including phenoxy) is 7. The first-order valence-corrected chi connectivity index (χ1v) is 11.5. The van der Waals surface area contributed by atoms with Gasteiger partial charge in [-0.1, -0.05) is 23.2 Å². The molecule has 2 heterocycles. The average Bonchev–Trinajstić information content (AvgIpc) is 3.45. The van der Waals surface area contributed by atoms with Gasteiger partial charge in [0.2, 0.25) is 12.5 Å². The van der Waals surface area contributed by atoms with Crippen LogP contribution in [-0.2, 0) is 19.1 Å². The van der Waals surface area contributed by atoms with Crippen molar-refractivity contribution < 1.29 is 42.7 Å². The molecule has 0 spiro atoms. The van der Waals surface area contributed by atoms with Gasteiger partial charge in [0.1, 0.15) is 6.10 Å². The number of benzene rings is 2. The molecule has 35 heavy (non-hydrogen) atoms. The summed E-state index contributed by atoms with van der Waals surface area (Å²) >= 11 is 13.7. The Hall–Kier alpha value is -3.04. The maximum Gasteiger partial charge on any atom is 0.310 e. The molecule has 0 saturated carbocycles. The van der Waals surface area contributed by atoms with Gasteiger partial charge < -0.3 is 33.2 Å². The highest BCUT2D eigenvalue weighted by atomic mass is 35.5. The van der Waals surface area contributed by atoms with Gasteiger partial charge in [-0.25, -0.2) is 0 Å². The van der Waals surface area contributed by atoms with Crippen molar-refractivity contribution in [2.45, 2.75) is 18.9 Å². The number of carbonyl (C=O) groups excluding carboxylic acids is 2. The fourth-order valence-corrected chi connectivity index (χ4v) is 6.05. The van der Waals surface area contributed by atoms with Crippen LogP contribution in [0.2, 0.25) is 10.0 Å². The Balaban J connectivity index is 1.83. The molecule has 0 bridgehead atoms. The SMILES string of the molecule is COc1c(Cl)c([C@@H]2c3cc4c(cc3[C@@H](OC(C)=O)[C@H]3COC(=O)[C@H]23)OCO4)c(Cl)c(OC)c1OC. The van der Waals surface area contributed by atoms with E-state index in [2.05, 4.69) is 0 Å². The van der Waals surface area contributed by atoms with Crippen molar-refractivity contribution in [3.05, 3.63) is 38.9 Å². The van der Waals surface area contributed by atoms with E-state index in [1.165, 1.54) is 28.3 Å². The third-order valence-corrected chi connectivity index (χ3v) is 7.37.